The number of anilines is 1. The zero-order valence-electron chi connectivity index (χ0n) is 13.2. The summed E-state index contributed by atoms with van der Waals surface area (Å²) < 4.78 is 5.09. The van der Waals surface area contributed by atoms with Crippen molar-refractivity contribution in [2.45, 2.75) is 19.8 Å². The van der Waals surface area contributed by atoms with Crippen LogP contribution in [0.4, 0.5) is 5.69 Å². The number of esters is 1. The molecule has 2 aliphatic rings. The Bertz CT molecular complexity index is 643. The van der Waals surface area contributed by atoms with E-state index in [0.29, 0.717) is 31.1 Å². The predicted octanol–water partition coefficient (Wildman–Crippen LogP) is 1.45. The number of hydrogen-bond donors (Lipinski definition) is 0. The van der Waals surface area contributed by atoms with E-state index < -0.39 is 11.7 Å². The summed E-state index contributed by atoms with van der Waals surface area (Å²) in [5, 5.41) is 0. The van der Waals surface area contributed by atoms with Gasteiger partial charge in [-0.2, -0.15) is 0 Å². The van der Waals surface area contributed by atoms with Gasteiger partial charge in [-0.25, -0.2) is 0 Å². The second kappa shape index (κ2) is 6.50. The van der Waals surface area contributed by atoms with Crippen LogP contribution in [-0.2, 0) is 14.3 Å². The Hall–Kier alpha value is -2.21. The lowest BCUT2D eigenvalue weighted by molar-refractivity contribution is -0.149. The van der Waals surface area contributed by atoms with Crippen LogP contribution >= 0.6 is 0 Å². The Balaban J connectivity index is 1.71. The van der Waals surface area contributed by atoms with Gasteiger partial charge >= 0.3 is 11.9 Å². The molecule has 3 rings (SSSR count). The maximum Gasteiger partial charge on any atom is 0.310 e. The van der Waals surface area contributed by atoms with Gasteiger partial charge < -0.3 is 4.74 Å². The number of Topliss-reactive ketones (excluding diaryl/α,β-unsaturated/α-hetero) is 1. The van der Waals surface area contributed by atoms with E-state index in [1.807, 2.05) is 11.0 Å². The quantitative estimate of drug-likeness (QED) is 0.621. The number of piperidine rings is 1. The molecule has 1 unspecified atom stereocenters. The van der Waals surface area contributed by atoms with E-state index in [9.17, 15) is 14.4 Å². The van der Waals surface area contributed by atoms with Crippen LogP contribution in [0.25, 0.3) is 0 Å². The predicted molar refractivity (Wildman–Crippen MR) is 84.1 cm³/mol. The van der Waals surface area contributed by atoms with E-state index in [2.05, 4.69) is 0 Å². The van der Waals surface area contributed by atoms with E-state index in [1.165, 1.54) is 4.90 Å². The Labute approximate surface area is 135 Å². The SMILES string of the molecule is CCOC(=O)C1CCCN(CN2C(=O)C(=O)c3ccccc32)C1. The summed E-state index contributed by atoms with van der Waals surface area (Å²) in [7, 11) is 0. The Morgan fingerprint density at radius 1 is 1.30 bits per heavy atom. The van der Waals surface area contributed by atoms with Crippen molar-refractivity contribution in [1.82, 2.24) is 4.90 Å². The summed E-state index contributed by atoms with van der Waals surface area (Å²) in [5.41, 5.74) is 1.11. The number of fused-ring (bicyclic) bond motifs is 1. The fourth-order valence-corrected chi connectivity index (χ4v) is 3.23. The number of rotatable bonds is 4. The number of nitrogens with zero attached hydrogens (tertiary/aromatic N) is 2. The van der Waals surface area contributed by atoms with Gasteiger partial charge in [0.15, 0.2) is 0 Å². The molecule has 6 nitrogen and oxygen atoms in total. The molecule has 0 aromatic heterocycles. The molecular weight excluding hydrogens is 296 g/mol. The van der Waals surface area contributed by atoms with Gasteiger partial charge in [0.2, 0.25) is 0 Å². The van der Waals surface area contributed by atoms with Crippen LogP contribution in [-0.4, -0.2) is 48.9 Å². The van der Waals surface area contributed by atoms with E-state index in [-0.39, 0.29) is 11.9 Å². The van der Waals surface area contributed by atoms with Crippen LogP contribution in [0.2, 0.25) is 0 Å². The molecule has 1 aromatic rings. The van der Waals surface area contributed by atoms with Crippen molar-refractivity contribution in [2.75, 3.05) is 31.3 Å². The molecule has 0 spiro atoms. The zero-order chi connectivity index (χ0) is 16.4. The highest BCUT2D eigenvalue weighted by atomic mass is 16.5. The molecule has 1 amide bonds. The lowest BCUT2D eigenvalue weighted by Gasteiger charge is -2.34. The van der Waals surface area contributed by atoms with Crippen molar-refractivity contribution in [3.05, 3.63) is 29.8 Å². The summed E-state index contributed by atoms with van der Waals surface area (Å²) in [6.45, 7) is 3.86. The first-order chi connectivity index (χ1) is 11.1. The maximum atomic E-state index is 12.2. The highest BCUT2D eigenvalue weighted by Gasteiger charge is 2.37. The molecule has 23 heavy (non-hydrogen) atoms. The minimum absolute atomic E-state index is 0.160. The van der Waals surface area contributed by atoms with Gasteiger partial charge in [-0.15, -0.1) is 0 Å². The molecule has 1 atom stereocenters. The summed E-state index contributed by atoms with van der Waals surface area (Å²) in [6.07, 6.45) is 1.68. The average Bonchev–Trinajstić information content (AvgIpc) is 2.81. The van der Waals surface area contributed by atoms with Crippen molar-refractivity contribution in [1.29, 1.82) is 0 Å². The maximum absolute atomic E-state index is 12.2. The molecule has 6 heteroatoms. The molecule has 122 valence electrons. The Morgan fingerprint density at radius 3 is 2.87 bits per heavy atom. The fourth-order valence-electron chi connectivity index (χ4n) is 3.23. The molecule has 2 aliphatic heterocycles. The van der Waals surface area contributed by atoms with Crippen LogP contribution in [0, 0.1) is 5.92 Å². The molecule has 1 fully saturated rings. The second-order valence-corrected chi connectivity index (χ2v) is 5.89. The van der Waals surface area contributed by atoms with Gasteiger partial charge in [-0.3, -0.25) is 24.2 Å². The highest BCUT2D eigenvalue weighted by molar-refractivity contribution is 6.52. The van der Waals surface area contributed by atoms with Crippen molar-refractivity contribution >= 4 is 23.3 Å². The van der Waals surface area contributed by atoms with Crippen LogP contribution in [0.15, 0.2) is 24.3 Å². The number of ketones is 1. The van der Waals surface area contributed by atoms with E-state index in [1.54, 1.807) is 25.1 Å². The zero-order valence-corrected chi connectivity index (χ0v) is 13.2. The first-order valence-corrected chi connectivity index (χ1v) is 7.96. The molecule has 1 aromatic carbocycles. The number of para-hydroxylation sites is 1. The van der Waals surface area contributed by atoms with Crippen molar-refractivity contribution in [3.63, 3.8) is 0 Å². The minimum atomic E-state index is -0.496. The minimum Gasteiger partial charge on any atom is -0.466 e. The van der Waals surface area contributed by atoms with Crippen molar-refractivity contribution < 1.29 is 19.1 Å². The lowest BCUT2D eigenvalue weighted by atomic mass is 9.98. The molecular formula is C17H20N2O4. The lowest BCUT2D eigenvalue weighted by Crippen LogP contribution is -2.46. The number of ether oxygens (including phenoxy) is 1. The first kappa shape index (κ1) is 15.7. The van der Waals surface area contributed by atoms with Crippen LogP contribution < -0.4 is 4.90 Å². The summed E-state index contributed by atoms with van der Waals surface area (Å²) in [6, 6.07) is 7.03. The fraction of sp³-hybridized carbons (Fsp3) is 0.471. The molecule has 2 heterocycles. The number of likely N-dealkylation sites (tertiary alicyclic amines) is 1. The number of carbonyl (C=O) groups excluding carboxylic acids is 3. The number of carbonyl (C=O) groups is 3. The molecule has 1 saturated heterocycles. The smallest absolute Gasteiger partial charge is 0.310 e. The topological polar surface area (TPSA) is 66.9 Å². The van der Waals surface area contributed by atoms with Crippen LogP contribution in [0.1, 0.15) is 30.1 Å². The molecule has 0 N–H and O–H groups in total. The highest BCUT2D eigenvalue weighted by Crippen LogP contribution is 2.29. The van der Waals surface area contributed by atoms with Gasteiger partial charge in [-0.05, 0) is 38.4 Å². The third-order valence-corrected chi connectivity index (χ3v) is 4.35. The third-order valence-electron chi connectivity index (χ3n) is 4.35. The van der Waals surface area contributed by atoms with Crippen LogP contribution in [0.5, 0.6) is 0 Å². The summed E-state index contributed by atoms with van der Waals surface area (Å²) in [4.78, 5) is 39.7. The van der Waals surface area contributed by atoms with E-state index in [4.69, 9.17) is 4.74 Å². The number of hydrogen-bond acceptors (Lipinski definition) is 5. The largest absolute Gasteiger partial charge is 0.466 e. The normalized spacial score (nSPS) is 21.4. The Morgan fingerprint density at radius 2 is 2.09 bits per heavy atom. The van der Waals surface area contributed by atoms with Crippen molar-refractivity contribution in [3.8, 4) is 0 Å². The second-order valence-electron chi connectivity index (χ2n) is 5.89. The molecule has 0 saturated carbocycles. The van der Waals surface area contributed by atoms with Gasteiger partial charge in [0.05, 0.1) is 30.4 Å². The third kappa shape index (κ3) is 2.99. The van der Waals surface area contributed by atoms with Crippen LogP contribution in [0.3, 0.4) is 0 Å². The van der Waals surface area contributed by atoms with E-state index in [0.717, 1.165) is 19.4 Å². The van der Waals surface area contributed by atoms with Gasteiger partial charge in [-0.1, -0.05) is 12.1 Å². The molecule has 0 bridgehead atoms. The van der Waals surface area contributed by atoms with E-state index >= 15 is 0 Å². The first-order valence-electron chi connectivity index (χ1n) is 7.96. The number of benzene rings is 1. The number of amides is 1. The standard InChI is InChI=1S/C17H20N2O4/c1-2-23-17(22)12-6-5-9-18(10-12)11-19-14-8-4-3-7-13(14)15(20)16(19)21/h3-4,7-8,12H,2,5-6,9-11H2,1H3. The Kier molecular flexibility index (Phi) is 4.43. The molecule has 0 aliphatic carbocycles. The van der Waals surface area contributed by atoms with Gasteiger partial charge in [0.1, 0.15) is 0 Å². The summed E-state index contributed by atoms with van der Waals surface area (Å²) >= 11 is 0. The molecule has 0 radical (unpaired) electrons. The van der Waals surface area contributed by atoms with Gasteiger partial charge in [0, 0.05) is 6.54 Å². The monoisotopic (exact) mass is 316 g/mol. The van der Waals surface area contributed by atoms with Crippen molar-refractivity contribution in [2.24, 2.45) is 5.92 Å². The van der Waals surface area contributed by atoms with Gasteiger partial charge in [0.25, 0.3) is 5.78 Å². The summed E-state index contributed by atoms with van der Waals surface area (Å²) in [5.74, 6) is -1.29. The average molecular weight is 316 g/mol.